The van der Waals surface area contributed by atoms with Crippen LogP contribution in [0.4, 0.5) is 0 Å². The number of aryl methyl sites for hydroxylation is 1. The summed E-state index contributed by atoms with van der Waals surface area (Å²) in [5, 5.41) is 0. The van der Waals surface area contributed by atoms with Gasteiger partial charge in [0.05, 0.1) is 6.61 Å². The van der Waals surface area contributed by atoms with Crippen molar-refractivity contribution in [1.29, 1.82) is 0 Å². The van der Waals surface area contributed by atoms with Gasteiger partial charge >= 0.3 is 5.97 Å². The van der Waals surface area contributed by atoms with Crippen molar-refractivity contribution >= 4 is 11.9 Å². The molecule has 0 N–H and O–H groups in total. The number of likely N-dealkylation sites (N-methyl/N-ethyl adjacent to an activating group) is 1. The Morgan fingerprint density at radius 1 is 1.10 bits per heavy atom. The van der Waals surface area contributed by atoms with Crippen molar-refractivity contribution in [3.05, 3.63) is 59.7 Å². The molecule has 0 spiro atoms. The predicted octanol–water partition coefficient (Wildman–Crippen LogP) is 5.03. The smallest absolute Gasteiger partial charge is 0.305 e. The van der Waals surface area contributed by atoms with E-state index in [-0.39, 0.29) is 17.8 Å². The summed E-state index contributed by atoms with van der Waals surface area (Å²) in [6.45, 7) is 6.91. The van der Waals surface area contributed by atoms with Crippen LogP contribution < -0.4 is 0 Å². The van der Waals surface area contributed by atoms with E-state index in [0.29, 0.717) is 32.4 Å². The molecule has 0 aliphatic carbocycles. The molecular formula is C25H33NO3. The highest BCUT2D eigenvalue weighted by Crippen LogP contribution is 2.25. The number of ether oxygens (including phenoxy) is 1. The number of carbonyl (C=O) groups excluding carboxylic acids is 2. The Balaban J connectivity index is 1.91. The van der Waals surface area contributed by atoms with Gasteiger partial charge in [0.2, 0.25) is 5.91 Å². The average molecular weight is 396 g/mol. The first-order valence-electron chi connectivity index (χ1n) is 10.5. The second kappa shape index (κ2) is 11.4. The van der Waals surface area contributed by atoms with Crippen molar-refractivity contribution in [3.63, 3.8) is 0 Å². The normalized spacial score (nSPS) is 11.7. The highest BCUT2D eigenvalue weighted by molar-refractivity contribution is 5.78. The predicted molar refractivity (Wildman–Crippen MR) is 118 cm³/mol. The number of benzene rings is 2. The number of carbonyl (C=O) groups is 2. The van der Waals surface area contributed by atoms with Gasteiger partial charge in [-0.05, 0) is 49.8 Å². The molecule has 4 nitrogen and oxygen atoms in total. The number of nitrogens with zero attached hydrogens (tertiary/aromatic N) is 1. The fraction of sp³-hybridized carbons (Fsp3) is 0.440. The van der Waals surface area contributed by atoms with E-state index >= 15 is 0 Å². The number of rotatable bonds is 10. The van der Waals surface area contributed by atoms with Crippen LogP contribution >= 0.6 is 0 Å². The van der Waals surface area contributed by atoms with Gasteiger partial charge in [0.15, 0.2) is 0 Å². The summed E-state index contributed by atoms with van der Waals surface area (Å²) in [5.74, 6) is -0.156. The van der Waals surface area contributed by atoms with Crippen LogP contribution in [0.25, 0.3) is 11.1 Å². The summed E-state index contributed by atoms with van der Waals surface area (Å²) in [6.07, 6.45) is 2.55. The number of amides is 1. The van der Waals surface area contributed by atoms with Gasteiger partial charge in [-0.3, -0.25) is 9.59 Å². The molecule has 0 saturated carbocycles. The molecule has 2 rings (SSSR count). The van der Waals surface area contributed by atoms with Crippen molar-refractivity contribution in [3.8, 4) is 11.1 Å². The highest BCUT2D eigenvalue weighted by Gasteiger charge is 2.18. The molecule has 0 aliphatic heterocycles. The quantitative estimate of drug-likeness (QED) is 0.530. The van der Waals surface area contributed by atoms with E-state index in [0.717, 1.165) is 6.42 Å². The zero-order valence-corrected chi connectivity index (χ0v) is 18.1. The third kappa shape index (κ3) is 7.04. The third-order valence-electron chi connectivity index (χ3n) is 5.18. The molecule has 2 aromatic rings. The maximum atomic E-state index is 12.7. The van der Waals surface area contributed by atoms with Crippen LogP contribution in [0.2, 0.25) is 0 Å². The van der Waals surface area contributed by atoms with E-state index in [4.69, 9.17) is 4.74 Å². The number of hydrogen-bond acceptors (Lipinski definition) is 3. The molecule has 156 valence electrons. The average Bonchev–Trinajstić information content (AvgIpc) is 2.71. The maximum Gasteiger partial charge on any atom is 0.305 e. The van der Waals surface area contributed by atoms with E-state index in [1.807, 2.05) is 18.9 Å². The van der Waals surface area contributed by atoms with Gasteiger partial charge in [-0.25, -0.2) is 0 Å². The van der Waals surface area contributed by atoms with E-state index in [9.17, 15) is 9.59 Å². The van der Waals surface area contributed by atoms with Crippen molar-refractivity contribution in [2.75, 3.05) is 20.2 Å². The molecule has 0 heterocycles. The van der Waals surface area contributed by atoms with Gasteiger partial charge in [-0.1, -0.05) is 61.0 Å². The third-order valence-corrected chi connectivity index (χ3v) is 5.18. The van der Waals surface area contributed by atoms with Gasteiger partial charge < -0.3 is 9.64 Å². The summed E-state index contributed by atoms with van der Waals surface area (Å²) in [6, 6.07) is 16.9. The second-order valence-electron chi connectivity index (χ2n) is 7.63. The van der Waals surface area contributed by atoms with Crippen LogP contribution in [-0.4, -0.2) is 37.0 Å². The van der Waals surface area contributed by atoms with Gasteiger partial charge in [0.1, 0.15) is 0 Å². The Morgan fingerprint density at radius 3 is 2.59 bits per heavy atom. The first-order chi connectivity index (χ1) is 13.9. The lowest BCUT2D eigenvalue weighted by molar-refractivity contribution is -0.143. The molecule has 1 atom stereocenters. The molecule has 4 heteroatoms. The first-order valence-corrected chi connectivity index (χ1v) is 10.5. The van der Waals surface area contributed by atoms with Crippen LogP contribution in [-0.2, 0) is 20.7 Å². The van der Waals surface area contributed by atoms with Gasteiger partial charge in [-0.15, -0.1) is 0 Å². The Bertz CT molecular complexity index is 815. The van der Waals surface area contributed by atoms with Gasteiger partial charge in [-0.2, -0.15) is 0 Å². The van der Waals surface area contributed by atoms with Gasteiger partial charge in [0, 0.05) is 25.9 Å². The zero-order valence-electron chi connectivity index (χ0n) is 18.1. The lowest BCUT2D eigenvalue weighted by Crippen LogP contribution is -2.33. The van der Waals surface area contributed by atoms with Crippen LogP contribution in [0.3, 0.4) is 0 Å². The summed E-state index contributed by atoms with van der Waals surface area (Å²) < 4.78 is 4.94. The Labute approximate surface area is 174 Å². The first kappa shape index (κ1) is 22.7. The minimum atomic E-state index is -0.187. The molecule has 0 aliphatic rings. The van der Waals surface area contributed by atoms with Crippen molar-refractivity contribution in [1.82, 2.24) is 4.90 Å². The molecule has 0 aromatic heterocycles. The minimum absolute atomic E-state index is 0.0959. The fourth-order valence-electron chi connectivity index (χ4n) is 3.52. The number of esters is 1. The molecule has 1 amide bonds. The summed E-state index contributed by atoms with van der Waals surface area (Å²) in [4.78, 5) is 25.9. The number of hydrogen-bond donors (Lipinski definition) is 0. The lowest BCUT2D eigenvalue weighted by atomic mass is 9.96. The van der Waals surface area contributed by atoms with Crippen LogP contribution in [0.1, 0.15) is 44.2 Å². The molecule has 29 heavy (non-hydrogen) atoms. The van der Waals surface area contributed by atoms with E-state index < -0.39 is 0 Å². The second-order valence-corrected chi connectivity index (χ2v) is 7.63. The summed E-state index contributed by atoms with van der Waals surface area (Å²) in [7, 11) is 1.86. The zero-order chi connectivity index (χ0) is 21.2. The molecule has 0 bridgehead atoms. The Morgan fingerprint density at radius 2 is 1.86 bits per heavy atom. The van der Waals surface area contributed by atoms with E-state index in [2.05, 4.69) is 55.5 Å². The largest absolute Gasteiger partial charge is 0.466 e. The Hall–Kier alpha value is -2.62. The summed E-state index contributed by atoms with van der Waals surface area (Å²) >= 11 is 0. The van der Waals surface area contributed by atoms with Gasteiger partial charge in [0.25, 0.3) is 0 Å². The molecular weight excluding hydrogens is 362 g/mol. The molecule has 0 fully saturated rings. The van der Waals surface area contributed by atoms with Crippen molar-refractivity contribution in [2.24, 2.45) is 5.92 Å². The topological polar surface area (TPSA) is 46.6 Å². The van der Waals surface area contributed by atoms with Crippen LogP contribution in [0.5, 0.6) is 0 Å². The van der Waals surface area contributed by atoms with Crippen molar-refractivity contribution in [2.45, 2.75) is 46.5 Å². The molecule has 2 aromatic carbocycles. The molecule has 1 unspecified atom stereocenters. The Kier molecular flexibility index (Phi) is 8.91. The van der Waals surface area contributed by atoms with E-state index in [1.54, 1.807) is 6.92 Å². The van der Waals surface area contributed by atoms with Crippen molar-refractivity contribution < 1.29 is 14.3 Å². The fourth-order valence-corrected chi connectivity index (χ4v) is 3.52. The van der Waals surface area contributed by atoms with Crippen LogP contribution in [0.15, 0.2) is 48.5 Å². The molecule has 0 saturated heterocycles. The lowest BCUT2D eigenvalue weighted by Gasteiger charge is -2.22. The highest BCUT2D eigenvalue weighted by atomic mass is 16.5. The standard InChI is InChI=1S/C25H33NO3/c1-5-29-24(27)15-9-11-20(3)25(28)26(4)17-16-21-12-6-7-14-23(21)22-13-8-10-19(2)18-22/h6-8,10,12-14,18,20H,5,9,11,15-17H2,1-4H3. The maximum absolute atomic E-state index is 12.7. The van der Waals surface area contributed by atoms with Crippen LogP contribution in [0, 0.1) is 12.8 Å². The summed E-state index contributed by atoms with van der Waals surface area (Å²) in [5.41, 5.74) is 4.91. The minimum Gasteiger partial charge on any atom is -0.466 e. The monoisotopic (exact) mass is 395 g/mol. The van der Waals surface area contributed by atoms with E-state index in [1.165, 1.54) is 22.3 Å². The SMILES string of the molecule is CCOC(=O)CCCC(C)C(=O)N(C)CCc1ccccc1-c1cccc(C)c1. The molecule has 0 radical (unpaired) electrons.